The lowest BCUT2D eigenvalue weighted by atomic mass is 10.1. The Labute approximate surface area is 87.3 Å². The van der Waals surface area contributed by atoms with Crippen LogP contribution in [0, 0.1) is 0 Å². The fourth-order valence-corrected chi connectivity index (χ4v) is 1.12. The van der Waals surface area contributed by atoms with Crippen LogP contribution < -0.4 is 4.74 Å². The smallest absolute Gasteiger partial charge is 0.406 e. The van der Waals surface area contributed by atoms with E-state index in [1.807, 2.05) is 0 Å². The van der Waals surface area contributed by atoms with Crippen LogP contribution in [-0.2, 0) is 6.61 Å². The predicted octanol–water partition coefficient (Wildman–Crippen LogP) is 3.02. The van der Waals surface area contributed by atoms with Gasteiger partial charge >= 0.3 is 6.36 Å². The molecule has 16 heavy (non-hydrogen) atoms. The molecule has 1 N–H and O–H groups in total. The number of rotatable bonds is 3. The Balaban J connectivity index is 3.02. The zero-order valence-corrected chi connectivity index (χ0v) is 7.76. The van der Waals surface area contributed by atoms with E-state index < -0.39 is 30.7 Å². The third kappa shape index (κ3) is 3.34. The van der Waals surface area contributed by atoms with Crippen molar-refractivity contribution in [2.24, 2.45) is 0 Å². The van der Waals surface area contributed by atoms with Gasteiger partial charge in [-0.2, -0.15) is 0 Å². The molecule has 0 saturated heterocycles. The van der Waals surface area contributed by atoms with Gasteiger partial charge in [-0.3, -0.25) is 0 Å². The number of alkyl halides is 5. The van der Waals surface area contributed by atoms with Crippen LogP contribution >= 0.6 is 0 Å². The lowest BCUT2D eigenvalue weighted by Crippen LogP contribution is -2.17. The molecule has 0 heterocycles. The minimum absolute atomic E-state index is 0.135. The van der Waals surface area contributed by atoms with Crippen molar-refractivity contribution in [2.75, 3.05) is 0 Å². The van der Waals surface area contributed by atoms with Crippen LogP contribution in [0.3, 0.4) is 0 Å². The zero-order valence-electron chi connectivity index (χ0n) is 7.76. The van der Waals surface area contributed by atoms with Gasteiger partial charge in [-0.05, 0) is 17.7 Å². The summed E-state index contributed by atoms with van der Waals surface area (Å²) in [5, 5.41) is 8.69. The van der Waals surface area contributed by atoms with Crippen LogP contribution in [0.4, 0.5) is 22.0 Å². The van der Waals surface area contributed by atoms with Gasteiger partial charge in [0.25, 0.3) is 6.43 Å². The highest BCUT2D eigenvalue weighted by Crippen LogP contribution is 2.30. The van der Waals surface area contributed by atoms with E-state index in [-0.39, 0.29) is 5.56 Å². The average Bonchev–Trinajstić information content (AvgIpc) is 2.15. The van der Waals surface area contributed by atoms with E-state index in [4.69, 9.17) is 5.11 Å². The predicted molar refractivity (Wildman–Crippen MR) is 44.0 cm³/mol. The first-order valence-electron chi connectivity index (χ1n) is 4.11. The van der Waals surface area contributed by atoms with Crippen molar-refractivity contribution in [3.05, 3.63) is 29.3 Å². The molecule has 2 nitrogen and oxygen atoms in total. The second-order valence-corrected chi connectivity index (χ2v) is 2.87. The summed E-state index contributed by atoms with van der Waals surface area (Å²) < 4.78 is 63.6. The van der Waals surface area contributed by atoms with Gasteiger partial charge in [0.1, 0.15) is 5.75 Å². The highest BCUT2D eigenvalue weighted by atomic mass is 19.4. The highest BCUT2D eigenvalue weighted by Gasteiger charge is 2.31. The van der Waals surface area contributed by atoms with Crippen molar-refractivity contribution >= 4 is 0 Å². The topological polar surface area (TPSA) is 29.5 Å². The van der Waals surface area contributed by atoms with Gasteiger partial charge in [-0.25, -0.2) is 8.78 Å². The fourth-order valence-electron chi connectivity index (χ4n) is 1.12. The van der Waals surface area contributed by atoms with Crippen LogP contribution in [0.2, 0.25) is 0 Å². The standard InChI is InChI=1S/C9H7F5O2/c10-8(11)7-3-6(16-9(12,13)14)2-1-5(7)4-15/h1-3,8,15H,4H2. The third-order valence-corrected chi connectivity index (χ3v) is 1.76. The molecule has 0 bridgehead atoms. The Morgan fingerprint density at radius 3 is 2.31 bits per heavy atom. The molecule has 1 rings (SSSR count). The number of aliphatic hydroxyl groups is 1. The van der Waals surface area contributed by atoms with Gasteiger partial charge in [0.15, 0.2) is 0 Å². The number of hydrogen-bond donors (Lipinski definition) is 1. The van der Waals surface area contributed by atoms with Crippen LogP contribution in [0.5, 0.6) is 5.75 Å². The normalized spacial score (nSPS) is 11.9. The second-order valence-electron chi connectivity index (χ2n) is 2.87. The van der Waals surface area contributed by atoms with Gasteiger partial charge in [0, 0.05) is 5.56 Å². The van der Waals surface area contributed by atoms with Crippen LogP contribution in [0.1, 0.15) is 17.6 Å². The third-order valence-electron chi connectivity index (χ3n) is 1.76. The number of ether oxygens (including phenoxy) is 1. The van der Waals surface area contributed by atoms with E-state index >= 15 is 0 Å². The fraction of sp³-hybridized carbons (Fsp3) is 0.333. The molecule has 0 saturated carbocycles. The summed E-state index contributed by atoms with van der Waals surface area (Å²) in [7, 11) is 0. The van der Waals surface area contributed by atoms with E-state index in [9.17, 15) is 22.0 Å². The van der Waals surface area contributed by atoms with Crippen LogP contribution in [0.25, 0.3) is 0 Å². The van der Waals surface area contributed by atoms with Gasteiger partial charge in [0.05, 0.1) is 6.61 Å². The van der Waals surface area contributed by atoms with Crippen molar-refractivity contribution in [3.63, 3.8) is 0 Å². The molecule has 1 aromatic carbocycles. The number of benzene rings is 1. The molecule has 7 heteroatoms. The molecular formula is C9H7F5O2. The molecule has 0 fully saturated rings. The molecule has 0 aliphatic carbocycles. The van der Waals surface area contributed by atoms with E-state index in [1.54, 1.807) is 0 Å². The monoisotopic (exact) mass is 242 g/mol. The van der Waals surface area contributed by atoms with Crippen LogP contribution in [-0.4, -0.2) is 11.5 Å². The molecule has 0 spiro atoms. The summed E-state index contributed by atoms with van der Waals surface area (Å²) in [5.74, 6) is -0.736. The second kappa shape index (κ2) is 4.65. The first-order valence-corrected chi connectivity index (χ1v) is 4.11. The van der Waals surface area contributed by atoms with Crippen molar-refractivity contribution in [1.82, 2.24) is 0 Å². The first-order chi connectivity index (χ1) is 7.33. The van der Waals surface area contributed by atoms with Crippen molar-refractivity contribution in [3.8, 4) is 5.75 Å². The Hall–Kier alpha value is -1.37. The zero-order chi connectivity index (χ0) is 12.3. The SMILES string of the molecule is OCc1ccc(OC(F)(F)F)cc1C(F)F. The minimum atomic E-state index is -4.93. The molecular weight excluding hydrogens is 235 g/mol. The molecule has 0 unspecified atom stereocenters. The highest BCUT2D eigenvalue weighted by molar-refractivity contribution is 5.36. The Bertz CT molecular complexity index is 361. The van der Waals surface area contributed by atoms with Crippen molar-refractivity contribution in [1.29, 1.82) is 0 Å². The Morgan fingerprint density at radius 1 is 1.25 bits per heavy atom. The van der Waals surface area contributed by atoms with E-state index in [0.717, 1.165) is 12.1 Å². The molecule has 0 amide bonds. The lowest BCUT2D eigenvalue weighted by Gasteiger charge is -2.12. The van der Waals surface area contributed by atoms with Gasteiger partial charge in [-0.15, -0.1) is 13.2 Å². The quantitative estimate of drug-likeness (QED) is 0.825. The summed E-state index contributed by atoms with van der Waals surface area (Å²) in [6.45, 7) is -0.675. The van der Waals surface area contributed by atoms with Gasteiger partial charge in [0.2, 0.25) is 0 Å². The number of aliphatic hydroxyl groups excluding tert-OH is 1. The molecule has 0 aliphatic rings. The lowest BCUT2D eigenvalue weighted by molar-refractivity contribution is -0.274. The maximum Gasteiger partial charge on any atom is 0.573 e. The maximum atomic E-state index is 12.4. The van der Waals surface area contributed by atoms with Crippen molar-refractivity contribution < 1.29 is 31.8 Å². The maximum absolute atomic E-state index is 12.4. The summed E-state index contributed by atoms with van der Waals surface area (Å²) >= 11 is 0. The molecule has 0 aliphatic heterocycles. The van der Waals surface area contributed by atoms with Crippen molar-refractivity contribution in [2.45, 2.75) is 19.4 Å². The minimum Gasteiger partial charge on any atom is -0.406 e. The molecule has 0 atom stereocenters. The average molecular weight is 242 g/mol. The molecule has 0 aromatic heterocycles. The van der Waals surface area contributed by atoms with E-state index in [0.29, 0.717) is 6.07 Å². The molecule has 1 aromatic rings. The number of halogens is 5. The van der Waals surface area contributed by atoms with Gasteiger partial charge in [-0.1, -0.05) is 6.07 Å². The van der Waals surface area contributed by atoms with Crippen LogP contribution in [0.15, 0.2) is 18.2 Å². The summed E-state index contributed by atoms with van der Waals surface area (Å²) in [5.41, 5.74) is -0.811. The Morgan fingerprint density at radius 2 is 1.88 bits per heavy atom. The Kier molecular flexibility index (Phi) is 3.69. The van der Waals surface area contributed by atoms with E-state index in [2.05, 4.69) is 4.74 Å². The largest absolute Gasteiger partial charge is 0.573 e. The summed E-state index contributed by atoms with van der Waals surface area (Å²) in [6.07, 6.45) is -7.90. The molecule has 0 radical (unpaired) electrons. The molecule has 90 valence electrons. The summed E-state index contributed by atoms with van der Waals surface area (Å²) in [4.78, 5) is 0. The van der Waals surface area contributed by atoms with E-state index in [1.165, 1.54) is 0 Å². The van der Waals surface area contributed by atoms with Gasteiger partial charge < -0.3 is 9.84 Å². The first kappa shape index (κ1) is 12.7. The summed E-state index contributed by atoms with van der Waals surface area (Å²) in [6, 6.07) is 2.39. The number of hydrogen-bond acceptors (Lipinski definition) is 2.